The third kappa shape index (κ3) is 3.47. The van der Waals surface area contributed by atoms with Crippen molar-refractivity contribution in [2.75, 3.05) is 0 Å². The van der Waals surface area contributed by atoms with Gasteiger partial charge in [0.25, 0.3) is 0 Å². The van der Waals surface area contributed by atoms with Crippen LogP contribution in [-0.2, 0) is 14.8 Å². The number of hydrogen-bond donors (Lipinski definition) is 2. The van der Waals surface area contributed by atoms with Crippen molar-refractivity contribution in [3.63, 3.8) is 0 Å². The van der Waals surface area contributed by atoms with Crippen molar-refractivity contribution < 1.29 is 13.2 Å². The van der Waals surface area contributed by atoms with E-state index >= 15 is 0 Å². The van der Waals surface area contributed by atoms with Gasteiger partial charge < -0.3 is 5.32 Å². The fourth-order valence-electron chi connectivity index (χ4n) is 2.90. The van der Waals surface area contributed by atoms with E-state index in [0.29, 0.717) is 18.4 Å². The Morgan fingerprint density at radius 3 is 2.67 bits per heavy atom. The molecule has 0 radical (unpaired) electrons. The third-order valence-corrected chi connectivity index (χ3v) is 5.77. The molecule has 0 spiro atoms. The minimum absolute atomic E-state index is 0.0724. The highest BCUT2D eigenvalue weighted by Crippen LogP contribution is 2.26. The molecular weight excluding hydrogens is 326 g/mol. The predicted molar refractivity (Wildman–Crippen MR) is 89.6 cm³/mol. The van der Waals surface area contributed by atoms with Crippen molar-refractivity contribution in [3.8, 4) is 0 Å². The number of piperidine rings is 1. The molecule has 1 saturated heterocycles. The minimum Gasteiger partial charge on any atom is -0.348 e. The number of aryl methyl sites for hydroxylation is 1. The number of rotatable bonds is 4. The molecule has 2 heterocycles. The molecule has 24 heavy (non-hydrogen) atoms. The highest BCUT2D eigenvalue weighted by atomic mass is 32.2. The fraction of sp³-hybridized carbons (Fsp3) is 0.294. The summed E-state index contributed by atoms with van der Waals surface area (Å²) in [4.78, 5) is 15.8. The maximum atomic E-state index is 12.7. The highest BCUT2D eigenvalue weighted by Gasteiger charge is 2.33. The van der Waals surface area contributed by atoms with Crippen LogP contribution >= 0.6 is 0 Å². The first-order valence-corrected chi connectivity index (χ1v) is 9.23. The van der Waals surface area contributed by atoms with Gasteiger partial charge in [-0.3, -0.25) is 9.78 Å². The number of benzene rings is 1. The SMILES string of the molecule is Cc1ccncc1S(=O)(=O)N[C@@H]1CCC(=O)N[C@H]1c1ccccc1. The molecule has 0 aliphatic carbocycles. The molecule has 2 atom stereocenters. The quantitative estimate of drug-likeness (QED) is 0.883. The number of sulfonamides is 1. The minimum atomic E-state index is -3.71. The number of pyridine rings is 1. The van der Waals surface area contributed by atoms with E-state index in [2.05, 4.69) is 15.0 Å². The van der Waals surface area contributed by atoms with Gasteiger partial charge in [-0.15, -0.1) is 0 Å². The molecule has 0 bridgehead atoms. The van der Waals surface area contributed by atoms with Gasteiger partial charge in [0.1, 0.15) is 4.90 Å². The molecule has 0 unspecified atom stereocenters. The molecule has 1 fully saturated rings. The first-order chi connectivity index (χ1) is 11.5. The molecule has 1 aliphatic heterocycles. The maximum absolute atomic E-state index is 12.7. The van der Waals surface area contributed by atoms with Gasteiger partial charge in [-0.25, -0.2) is 13.1 Å². The molecule has 3 rings (SSSR count). The zero-order valence-electron chi connectivity index (χ0n) is 13.3. The lowest BCUT2D eigenvalue weighted by molar-refractivity contribution is -0.123. The molecule has 2 N–H and O–H groups in total. The van der Waals surface area contributed by atoms with E-state index in [1.165, 1.54) is 6.20 Å². The van der Waals surface area contributed by atoms with Crippen molar-refractivity contribution in [2.24, 2.45) is 0 Å². The molecule has 1 aromatic carbocycles. The standard InChI is InChI=1S/C17H19N3O3S/c1-12-9-10-18-11-15(12)24(22,23)20-14-7-8-16(21)19-17(14)13-5-3-2-4-6-13/h2-6,9-11,14,17,20H,7-8H2,1H3,(H,19,21)/t14-,17+/m1/s1. The Morgan fingerprint density at radius 2 is 1.96 bits per heavy atom. The van der Waals surface area contributed by atoms with Crippen molar-refractivity contribution in [1.29, 1.82) is 0 Å². The molecule has 126 valence electrons. The van der Waals surface area contributed by atoms with Gasteiger partial charge in [0.15, 0.2) is 0 Å². The Hall–Kier alpha value is -2.25. The van der Waals surface area contributed by atoms with E-state index < -0.39 is 16.1 Å². The van der Waals surface area contributed by atoms with Crippen LogP contribution in [-0.4, -0.2) is 25.4 Å². The van der Waals surface area contributed by atoms with Crippen LogP contribution in [0.3, 0.4) is 0 Å². The summed E-state index contributed by atoms with van der Waals surface area (Å²) >= 11 is 0. The van der Waals surface area contributed by atoms with E-state index in [-0.39, 0.29) is 16.8 Å². The number of nitrogens with one attached hydrogen (secondary N) is 2. The van der Waals surface area contributed by atoms with Gasteiger partial charge in [0, 0.05) is 24.9 Å². The zero-order valence-corrected chi connectivity index (χ0v) is 14.1. The lowest BCUT2D eigenvalue weighted by atomic mass is 9.93. The van der Waals surface area contributed by atoms with Crippen molar-refractivity contribution in [3.05, 3.63) is 59.9 Å². The molecule has 7 heteroatoms. The summed E-state index contributed by atoms with van der Waals surface area (Å²) in [6.45, 7) is 1.73. The van der Waals surface area contributed by atoms with Gasteiger partial charge in [-0.05, 0) is 30.5 Å². The molecular formula is C17H19N3O3S. The second-order valence-electron chi connectivity index (χ2n) is 5.86. The van der Waals surface area contributed by atoms with Gasteiger partial charge in [-0.1, -0.05) is 30.3 Å². The lowest BCUT2D eigenvalue weighted by Gasteiger charge is -2.33. The summed E-state index contributed by atoms with van der Waals surface area (Å²) in [7, 11) is -3.71. The lowest BCUT2D eigenvalue weighted by Crippen LogP contribution is -2.50. The van der Waals surface area contributed by atoms with Crippen LogP contribution in [0, 0.1) is 6.92 Å². The number of aromatic nitrogens is 1. The Morgan fingerprint density at radius 1 is 1.21 bits per heavy atom. The normalized spacial score (nSPS) is 21.3. The summed E-state index contributed by atoms with van der Waals surface area (Å²) in [6.07, 6.45) is 3.64. The second kappa shape index (κ2) is 6.70. The van der Waals surface area contributed by atoms with Crippen LogP contribution in [0.15, 0.2) is 53.7 Å². The van der Waals surface area contributed by atoms with Crippen molar-refractivity contribution in [1.82, 2.24) is 15.0 Å². The zero-order chi connectivity index (χ0) is 17.2. The molecule has 1 aromatic heterocycles. The van der Waals surface area contributed by atoms with Crippen molar-refractivity contribution >= 4 is 15.9 Å². The Labute approximate surface area is 141 Å². The average molecular weight is 345 g/mol. The number of carbonyl (C=O) groups is 1. The molecule has 1 amide bonds. The number of hydrogen-bond acceptors (Lipinski definition) is 4. The number of carbonyl (C=O) groups excluding carboxylic acids is 1. The number of nitrogens with zero attached hydrogens (tertiary/aromatic N) is 1. The Bertz CT molecular complexity index is 837. The van der Waals surface area contributed by atoms with Gasteiger partial charge in [-0.2, -0.15) is 0 Å². The summed E-state index contributed by atoms with van der Waals surface area (Å²) in [5.74, 6) is -0.0724. The Kier molecular flexibility index (Phi) is 4.64. The summed E-state index contributed by atoms with van der Waals surface area (Å²) in [6, 6.07) is 10.2. The fourth-order valence-corrected chi connectivity index (χ4v) is 4.37. The van der Waals surface area contributed by atoms with Crippen LogP contribution in [0.25, 0.3) is 0 Å². The van der Waals surface area contributed by atoms with Crippen LogP contribution in [0.1, 0.15) is 30.0 Å². The maximum Gasteiger partial charge on any atom is 0.242 e. The largest absolute Gasteiger partial charge is 0.348 e. The topological polar surface area (TPSA) is 88.2 Å². The van der Waals surface area contributed by atoms with Crippen LogP contribution < -0.4 is 10.0 Å². The van der Waals surface area contributed by atoms with E-state index in [0.717, 1.165) is 5.56 Å². The Balaban J connectivity index is 1.89. The monoisotopic (exact) mass is 345 g/mol. The third-order valence-electron chi connectivity index (χ3n) is 4.15. The summed E-state index contributed by atoms with van der Waals surface area (Å²) in [5, 5.41) is 2.89. The molecule has 6 nitrogen and oxygen atoms in total. The van der Waals surface area contributed by atoms with E-state index in [4.69, 9.17) is 0 Å². The van der Waals surface area contributed by atoms with Gasteiger partial charge in [0.2, 0.25) is 15.9 Å². The van der Waals surface area contributed by atoms with E-state index in [1.54, 1.807) is 19.2 Å². The van der Waals surface area contributed by atoms with Crippen LogP contribution in [0.5, 0.6) is 0 Å². The molecule has 1 aliphatic rings. The first kappa shape index (κ1) is 16.6. The smallest absolute Gasteiger partial charge is 0.242 e. The van der Waals surface area contributed by atoms with Gasteiger partial charge in [0.05, 0.1) is 6.04 Å². The average Bonchev–Trinajstić information content (AvgIpc) is 2.57. The summed E-state index contributed by atoms with van der Waals surface area (Å²) < 4.78 is 28.2. The van der Waals surface area contributed by atoms with Crippen LogP contribution in [0.2, 0.25) is 0 Å². The highest BCUT2D eigenvalue weighted by molar-refractivity contribution is 7.89. The van der Waals surface area contributed by atoms with E-state index in [1.807, 2.05) is 30.3 Å². The summed E-state index contributed by atoms with van der Waals surface area (Å²) in [5.41, 5.74) is 1.51. The van der Waals surface area contributed by atoms with E-state index in [9.17, 15) is 13.2 Å². The molecule has 0 saturated carbocycles. The van der Waals surface area contributed by atoms with Crippen LogP contribution in [0.4, 0.5) is 0 Å². The first-order valence-electron chi connectivity index (χ1n) is 7.74. The second-order valence-corrected chi connectivity index (χ2v) is 7.55. The molecule has 2 aromatic rings. The predicted octanol–water partition coefficient (Wildman–Crippen LogP) is 1.69. The van der Waals surface area contributed by atoms with Gasteiger partial charge >= 0.3 is 0 Å². The van der Waals surface area contributed by atoms with Crippen molar-refractivity contribution in [2.45, 2.75) is 36.7 Å². The number of amides is 1.